The van der Waals surface area contributed by atoms with Crippen LogP contribution in [-0.4, -0.2) is 35.4 Å². The molecule has 7 heteroatoms. The molecule has 1 aliphatic rings. The van der Waals surface area contributed by atoms with Gasteiger partial charge >= 0.3 is 5.97 Å². The number of fused-ring (bicyclic) bond motifs is 1. The highest BCUT2D eigenvalue weighted by Gasteiger charge is 2.27. The Hall–Kier alpha value is -2.41. The van der Waals surface area contributed by atoms with Crippen LogP contribution in [0, 0.1) is 5.82 Å². The number of pyridine rings is 1. The smallest absolute Gasteiger partial charge is 0.343 e. The molecule has 0 amide bonds. The van der Waals surface area contributed by atoms with Crippen LogP contribution < -0.4 is 10.7 Å². The number of benzene rings is 1. The van der Waals surface area contributed by atoms with Crippen molar-refractivity contribution in [2.24, 2.45) is 0 Å². The third-order valence-electron chi connectivity index (χ3n) is 3.98. The molecule has 0 radical (unpaired) electrons. The number of hydrogen-bond donors (Lipinski definition) is 2. The van der Waals surface area contributed by atoms with Crippen molar-refractivity contribution >= 4 is 22.6 Å². The summed E-state index contributed by atoms with van der Waals surface area (Å²) in [5, 5.41) is 11.8. The highest BCUT2D eigenvalue weighted by molar-refractivity contribution is 5.94. The Labute approximate surface area is 137 Å². The lowest BCUT2D eigenvalue weighted by Crippen LogP contribution is -2.21. The van der Waals surface area contributed by atoms with Crippen molar-refractivity contribution < 1.29 is 19.0 Å². The summed E-state index contributed by atoms with van der Waals surface area (Å²) < 4.78 is 21.0. The van der Waals surface area contributed by atoms with Gasteiger partial charge in [-0.25, -0.2) is 9.18 Å². The fraction of sp³-hybridized carbons (Fsp3) is 0.412. The van der Waals surface area contributed by atoms with Gasteiger partial charge in [0.1, 0.15) is 11.4 Å². The van der Waals surface area contributed by atoms with Crippen LogP contribution in [0.25, 0.3) is 10.9 Å². The molecule has 1 aromatic heterocycles. The highest BCUT2D eigenvalue weighted by Crippen LogP contribution is 2.37. The maximum Gasteiger partial charge on any atom is 0.343 e. The predicted molar refractivity (Wildman–Crippen MR) is 88.0 cm³/mol. The minimum Gasteiger partial charge on any atom is -0.462 e. The van der Waals surface area contributed by atoms with Crippen molar-refractivity contribution in [2.75, 3.05) is 25.1 Å². The first kappa shape index (κ1) is 16.4. The van der Waals surface area contributed by atoms with E-state index < -0.39 is 17.2 Å². The van der Waals surface area contributed by atoms with E-state index in [1.54, 1.807) is 13.0 Å². The van der Waals surface area contributed by atoms with Crippen molar-refractivity contribution in [3.05, 3.63) is 39.9 Å². The molecule has 2 N–H and O–H groups in total. The fourth-order valence-corrected chi connectivity index (χ4v) is 2.70. The van der Waals surface area contributed by atoms with E-state index in [0.29, 0.717) is 5.52 Å². The van der Waals surface area contributed by atoms with Crippen LogP contribution in [0.3, 0.4) is 0 Å². The number of aliphatic hydroxyl groups excluding tert-OH is 1. The molecule has 0 saturated heterocycles. The van der Waals surface area contributed by atoms with Gasteiger partial charge in [0.2, 0.25) is 5.43 Å². The van der Waals surface area contributed by atoms with Crippen molar-refractivity contribution in [3.63, 3.8) is 0 Å². The SMILES string of the molecule is CCOC(=O)c1cn(C2CC2)c2cc(NCCO)c(F)cc2c1=O. The number of esters is 1. The molecule has 0 aliphatic heterocycles. The van der Waals surface area contributed by atoms with E-state index in [-0.39, 0.29) is 42.4 Å². The Morgan fingerprint density at radius 3 is 2.83 bits per heavy atom. The molecule has 0 spiro atoms. The second-order valence-corrected chi connectivity index (χ2v) is 5.73. The standard InChI is InChI=1S/C17H19FN2O4/c1-2-24-17(23)12-9-20(10-3-4-10)15-8-14(19-5-6-21)13(18)7-11(15)16(12)22/h7-10,19,21H,2-6H2,1H3. The number of carbonyl (C=O) groups excluding carboxylic acids is 1. The second-order valence-electron chi connectivity index (χ2n) is 5.73. The van der Waals surface area contributed by atoms with Crippen LogP contribution in [0.2, 0.25) is 0 Å². The zero-order chi connectivity index (χ0) is 17.3. The van der Waals surface area contributed by atoms with Gasteiger partial charge in [0.15, 0.2) is 0 Å². The van der Waals surface area contributed by atoms with Gasteiger partial charge in [-0.1, -0.05) is 0 Å². The lowest BCUT2D eigenvalue weighted by Gasteiger charge is -2.14. The Morgan fingerprint density at radius 2 is 2.21 bits per heavy atom. The summed E-state index contributed by atoms with van der Waals surface area (Å²) in [6.07, 6.45) is 3.39. The molecule has 0 atom stereocenters. The molecule has 1 fully saturated rings. The number of anilines is 1. The third kappa shape index (κ3) is 2.99. The molecular formula is C17H19FN2O4. The summed E-state index contributed by atoms with van der Waals surface area (Å²) in [6, 6.07) is 2.88. The summed E-state index contributed by atoms with van der Waals surface area (Å²) in [5.74, 6) is -1.29. The molecule has 1 saturated carbocycles. The molecule has 0 bridgehead atoms. The molecule has 1 aliphatic carbocycles. The van der Waals surface area contributed by atoms with Crippen molar-refractivity contribution in [2.45, 2.75) is 25.8 Å². The van der Waals surface area contributed by atoms with E-state index >= 15 is 0 Å². The lowest BCUT2D eigenvalue weighted by molar-refractivity contribution is 0.0524. The summed E-state index contributed by atoms with van der Waals surface area (Å²) in [5.41, 5.74) is 0.172. The van der Waals surface area contributed by atoms with Crippen LogP contribution >= 0.6 is 0 Å². The maximum absolute atomic E-state index is 14.2. The van der Waals surface area contributed by atoms with E-state index in [1.165, 1.54) is 6.20 Å². The number of aromatic nitrogens is 1. The average molecular weight is 334 g/mol. The van der Waals surface area contributed by atoms with E-state index in [0.717, 1.165) is 18.9 Å². The zero-order valence-electron chi connectivity index (χ0n) is 13.3. The fourth-order valence-electron chi connectivity index (χ4n) is 2.70. The summed E-state index contributed by atoms with van der Waals surface area (Å²) >= 11 is 0. The minimum absolute atomic E-state index is 0.0771. The summed E-state index contributed by atoms with van der Waals surface area (Å²) in [7, 11) is 0. The Kier molecular flexibility index (Phi) is 4.53. The quantitative estimate of drug-likeness (QED) is 0.791. The molecule has 128 valence electrons. The number of ether oxygens (including phenoxy) is 1. The number of hydrogen-bond acceptors (Lipinski definition) is 5. The molecule has 3 rings (SSSR count). The van der Waals surface area contributed by atoms with E-state index in [4.69, 9.17) is 9.84 Å². The minimum atomic E-state index is -0.693. The number of carbonyl (C=O) groups is 1. The van der Waals surface area contributed by atoms with Gasteiger partial charge in [0.05, 0.1) is 24.4 Å². The first-order valence-corrected chi connectivity index (χ1v) is 7.97. The summed E-state index contributed by atoms with van der Waals surface area (Å²) in [4.78, 5) is 24.6. The van der Waals surface area contributed by atoms with Crippen molar-refractivity contribution in [1.29, 1.82) is 0 Å². The normalized spacial score (nSPS) is 14.0. The van der Waals surface area contributed by atoms with Crippen LogP contribution in [0.15, 0.2) is 23.1 Å². The number of rotatable bonds is 6. The predicted octanol–water partition coefficient (Wildman–Crippen LogP) is 2.06. The largest absolute Gasteiger partial charge is 0.462 e. The summed E-state index contributed by atoms with van der Waals surface area (Å²) in [6.45, 7) is 1.90. The monoisotopic (exact) mass is 334 g/mol. The Morgan fingerprint density at radius 1 is 1.46 bits per heavy atom. The number of aliphatic hydroxyl groups is 1. The van der Waals surface area contributed by atoms with Gasteiger partial charge in [0, 0.05) is 24.2 Å². The molecule has 0 unspecified atom stereocenters. The molecular weight excluding hydrogens is 315 g/mol. The second kappa shape index (κ2) is 6.60. The van der Waals surface area contributed by atoms with Crippen molar-refractivity contribution in [3.8, 4) is 0 Å². The van der Waals surface area contributed by atoms with Gasteiger partial charge in [-0.05, 0) is 31.9 Å². The van der Waals surface area contributed by atoms with E-state index in [9.17, 15) is 14.0 Å². The maximum atomic E-state index is 14.2. The zero-order valence-corrected chi connectivity index (χ0v) is 13.3. The topological polar surface area (TPSA) is 80.6 Å². The number of nitrogens with zero attached hydrogens (tertiary/aromatic N) is 1. The third-order valence-corrected chi connectivity index (χ3v) is 3.98. The molecule has 1 aromatic carbocycles. The van der Waals surface area contributed by atoms with Gasteiger partial charge < -0.3 is 19.7 Å². The lowest BCUT2D eigenvalue weighted by atomic mass is 10.1. The van der Waals surface area contributed by atoms with Crippen LogP contribution in [0.4, 0.5) is 10.1 Å². The first-order chi connectivity index (χ1) is 11.6. The van der Waals surface area contributed by atoms with Gasteiger partial charge in [0.25, 0.3) is 0 Å². The molecule has 1 heterocycles. The van der Waals surface area contributed by atoms with Gasteiger partial charge in [-0.15, -0.1) is 0 Å². The van der Waals surface area contributed by atoms with Crippen LogP contribution in [0.1, 0.15) is 36.2 Å². The van der Waals surface area contributed by atoms with Crippen molar-refractivity contribution in [1.82, 2.24) is 4.57 Å². The average Bonchev–Trinajstić information content (AvgIpc) is 3.39. The Bertz CT molecular complexity index is 843. The van der Waals surface area contributed by atoms with E-state index in [1.807, 2.05) is 4.57 Å². The molecule has 2 aromatic rings. The first-order valence-electron chi connectivity index (χ1n) is 7.97. The van der Waals surface area contributed by atoms with E-state index in [2.05, 4.69) is 5.32 Å². The van der Waals surface area contributed by atoms with Gasteiger partial charge in [-0.3, -0.25) is 4.79 Å². The van der Waals surface area contributed by atoms with Crippen LogP contribution in [-0.2, 0) is 4.74 Å². The Balaban J connectivity index is 2.20. The number of nitrogens with one attached hydrogen (secondary N) is 1. The number of halogens is 1. The van der Waals surface area contributed by atoms with Gasteiger partial charge in [-0.2, -0.15) is 0 Å². The highest BCUT2D eigenvalue weighted by atomic mass is 19.1. The molecule has 6 nitrogen and oxygen atoms in total. The molecule has 24 heavy (non-hydrogen) atoms. The van der Waals surface area contributed by atoms with Crippen LogP contribution in [0.5, 0.6) is 0 Å².